The van der Waals surface area contributed by atoms with Crippen molar-refractivity contribution in [3.63, 3.8) is 0 Å². The van der Waals surface area contributed by atoms with E-state index in [-0.39, 0.29) is 44.4 Å². The molecule has 0 aromatic heterocycles. The van der Waals surface area contributed by atoms with Crippen LogP contribution < -0.4 is 11.5 Å². The normalized spacial score (nSPS) is 41.1. The molecule has 0 aromatic rings. The maximum atomic E-state index is 11.0. The maximum absolute atomic E-state index is 11.0. The van der Waals surface area contributed by atoms with Gasteiger partial charge in [0, 0.05) is 50.8 Å². The van der Waals surface area contributed by atoms with E-state index in [4.69, 9.17) is 49.4 Å². The Morgan fingerprint density at radius 3 is 1.80 bits per heavy atom. The first-order chi connectivity index (χ1) is 30.7. The zero-order chi connectivity index (χ0) is 46.9. The molecule has 0 amide bonds. The summed E-state index contributed by atoms with van der Waals surface area (Å²) in [5.74, 6) is 2.39. The number of nitrogens with zero attached hydrogens (tertiary/aromatic N) is 1. The molecule has 16 N–H and O–H groups in total. The molecule has 4 rings (SSSR count). The summed E-state index contributed by atoms with van der Waals surface area (Å²) < 4.78 is 46.1. The van der Waals surface area contributed by atoms with E-state index in [1.807, 2.05) is 0 Å². The highest BCUT2D eigenvalue weighted by atomic mass is 32.2. The van der Waals surface area contributed by atoms with Crippen LogP contribution in [0.3, 0.4) is 0 Å². The number of ether oxygens (including phenoxy) is 8. The third-order valence-corrected chi connectivity index (χ3v) is 14.6. The van der Waals surface area contributed by atoms with Crippen molar-refractivity contribution >= 4 is 41.1 Å². The van der Waals surface area contributed by atoms with Gasteiger partial charge in [-0.05, 0) is 30.8 Å². The molecule has 64 heavy (non-hydrogen) atoms. The fraction of sp³-hybridized carbons (Fsp3) is 0.974. The molecular weight excluding hydrogens is 915 g/mol. The average molecular weight is 986 g/mol. The summed E-state index contributed by atoms with van der Waals surface area (Å²) in [6.07, 6.45) is -22.8. The van der Waals surface area contributed by atoms with Gasteiger partial charge in [-0.25, -0.2) is 0 Å². The Labute approximate surface area is 385 Å². The van der Waals surface area contributed by atoms with Crippen LogP contribution in [0.1, 0.15) is 19.3 Å². The first kappa shape index (κ1) is 56.3. The minimum absolute atomic E-state index is 0.0524. The van der Waals surface area contributed by atoms with Crippen molar-refractivity contribution in [3.05, 3.63) is 0 Å². The lowest BCUT2D eigenvalue weighted by Crippen LogP contribution is -2.61. The quantitative estimate of drug-likeness (QED) is 0.0207. The van der Waals surface area contributed by atoms with Crippen LogP contribution in [0.5, 0.6) is 0 Å². The summed E-state index contributed by atoms with van der Waals surface area (Å²) in [6.45, 7) is -0.490. The second-order valence-corrected chi connectivity index (χ2v) is 19.4. The van der Waals surface area contributed by atoms with Crippen molar-refractivity contribution in [2.75, 3.05) is 88.6 Å². The molecule has 23 nitrogen and oxygen atoms in total. The zero-order valence-electron chi connectivity index (χ0n) is 35.8. The van der Waals surface area contributed by atoms with Gasteiger partial charge in [0.05, 0.1) is 44.4 Å². The standard InChI is InChI=1S/C38H71N3O20S3/c1-54-36-34(55-6-2-8-62-10-4-39)32(52)28(48)22(60-36)16-57-19-12-18(24(44)29(49)25(19)45)15-58-37-35(31(51)27(47)20(13-42)59-37)56-7-3-9-63-11-5-41-23(40)17-64-38-33(53)30(50)26(46)21(14-43)61-38/h18-22,24-38,42-53H,2-17,39H2,1H3,(H2,40,41)/t18-,19+,20-,21?,22-,24-,25+,26-,27-,28-,29+,30+,31+,32+,33?,34-,35-,36+,37+,38-/m1/s1. The number of nitrogens with two attached hydrogens (primary N) is 2. The monoisotopic (exact) mass is 985 g/mol. The van der Waals surface area contributed by atoms with Gasteiger partial charge in [-0.15, -0.1) is 11.8 Å². The summed E-state index contributed by atoms with van der Waals surface area (Å²) in [7, 11) is 1.36. The van der Waals surface area contributed by atoms with Crippen LogP contribution in [0.15, 0.2) is 4.99 Å². The van der Waals surface area contributed by atoms with E-state index < -0.39 is 135 Å². The van der Waals surface area contributed by atoms with Gasteiger partial charge in [-0.3, -0.25) is 4.99 Å². The number of thioether (sulfide) groups is 3. The molecule has 0 aromatic carbocycles. The van der Waals surface area contributed by atoms with Crippen LogP contribution in [-0.2, 0) is 37.9 Å². The number of hydrogen-bond acceptors (Lipinski definition) is 25. The van der Waals surface area contributed by atoms with Crippen molar-refractivity contribution in [2.24, 2.45) is 22.4 Å². The van der Waals surface area contributed by atoms with E-state index in [9.17, 15) is 61.3 Å². The van der Waals surface area contributed by atoms with Crippen LogP contribution in [0.25, 0.3) is 0 Å². The highest BCUT2D eigenvalue weighted by Gasteiger charge is 2.50. The number of aliphatic imine (C=N–C) groups is 1. The topological polar surface area (TPSA) is 381 Å². The molecule has 26 heteroatoms. The van der Waals surface area contributed by atoms with Gasteiger partial charge >= 0.3 is 0 Å². The molecule has 4 aliphatic rings. The fourth-order valence-corrected chi connectivity index (χ4v) is 9.99. The highest BCUT2D eigenvalue weighted by molar-refractivity contribution is 8.00. The zero-order valence-corrected chi connectivity index (χ0v) is 38.3. The largest absolute Gasteiger partial charge is 0.394 e. The molecule has 2 unspecified atom stereocenters. The second-order valence-electron chi connectivity index (χ2n) is 15.9. The van der Waals surface area contributed by atoms with Crippen molar-refractivity contribution in [1.82, 2.24) is 0 Å². The molecule has 0 bridgehead atoms. The summed E-state index contributed by atoms with van der Waals surface area (Å²) in [6, 6.07) is 0. The van der Waals surface area contributed by atoms with Gasteiger partial charge in [0.1, 0.15) is 96.7 Å². The maximum Gasteiger partial charge on any atom is 0.186 e. The third-order valence-electron chi connectivity index (χ3n) is 11.3. The Kier molecular flexibility index (Phi) is 25.5. The molecule has 0 spiro atoms. The van der Waals surface area contributed by atoms with Gasteiger partial charge in [-0.1, -0.05) is 0 Å². The first-order valence-electron chi connectivity index (χ1n) is 21.4. The molecule has 376 valence electrons. The summed E-state index contributed by atoms with van der Waals surface area (Å²) >= 11 is 4.29. The van der Waals surface area contributed by atoms with E-state index in [0.29, 0.717) is 37.4 Å². The average Bonchev–Trinajstić information content (AvgIpc) is 3.29. The number of aliphatic hydroxyl groups excluding tert-OH is 12. The Bertz CT molecular complexity index is 1330. The van der Waals surface area contributed by atoms with Gasteiger partial charge in [-0.2, -0.15) is 23.5 Å². The third kappa shape index (κ3) is 15.9. The lowest BCUT2D eigenvalue weighted by Gasteiger charge is -2.44. The van der Waals surface area contributed by atoms with Crippen LogP contribution in [0, 0.1) is 5.92 Å². The predicted octanol–water partition coefficient (Wildman–Crippen LogP) is -6.11. The molecule has 1 aliphatic carbocycles. The van der Waals surface area contributed by atoms with E-state index in [2.05, 4.69) is 4.99 Å². The molecule has 3 heterocycles. The smallest absolute Gasteiger partial charge is 0.186 e. The lowest BCUT2D eigenvalue weighted by atomic mass is 9.81. The van der Waals surface area contributed by atoms with Crippen molar-refractivity contribution in [1.29, 1.82) is 0 Å². The van der Waals surface area contributed by atoms with E-state index in [1.54, 1.807) is 23.5 Å². The number of aliphatic hydroxyl groups is 12. The number of amidine groups is 1. The molecule has 1 saturated carbocycles. The number of hydrogen-bond donors (Lipinski definition) is 14. The second kappa shape index (κ2) is 29.0. The highest BCUT2D eigenvalue weighted by Crippen LogP contribution is 2.33. The Morgan fingerprint density at radius 1 is 0.609 bits per heavy atom. The lowest BCUT2D eigenvalue weighted by molar-refractivity contribution is -0.316. The van der Waals surface area contributed by atoms with E-state index >= 15 is 0 Å². The SMILES string of the molecule is CO[C@H]1O[C@H](CO[C@H]2C[C@H](CO[C@H]3O[C@H](CO)[C@@H](O)[C@H](O)[C@H]3OCCCSCCN=C(N)CS[C@H]3OC(CO)[C@@H](O)[C@H](O)C3O)[C@@H](O)[C@H](O)[C@H]2O)[C@@H](O)[C@H](O)[C@H]1OCCCSCCN. The van der Waals surface area contributed by atoms with Crippen LogP contribution >= 0.6 is 35.3 Å². The van der Waals surface area contributed by atoms with Gasteiger partial charge in [0.25, 0.3) is 0 Å². The van der Waals surface area contributed by atoms with Crippen LogP contribution in [0.4, 0.5) is 0 Å². The Morgan fingerprint density at radius 2 is 1.17 bits per heavy atom. The van der Waals surface area contributed by atoms with E-state index in [1.165, 1.54) is 7.11 Å². The molecule has 0 radical (unpaired) electrons. The summed E-state index contributed by atoms with van der Waals surface area (Å²) in [5.41, 5.74) is 10.6. The molecule has 3 saturated heterocycles. The molecule has 20 atom stereocenters. The van der Waals surface area contributed by atoms with Crippen molar-refractivity contribution < 1.29 is 99.2 Å². The summed E-state index contributed by atoms with van der Waals surface area (Å²) in [4.78, 5) is 4.30. The minimum Gasteiger partial charge on any atom is -0.394 e. The molecular formula is C38H71N3O20S3. The Balaban J connectivity index is 1.22. The minimum atomic E-state index is -1.67. The summed E-state index contributed by atoms with van der Waals surface area (Å²) in [5, 5.41) is 125. The fourth-order valence-electron chi connectivity index (χ4n) is 7.55. The number of rotatable bonds is 27. The van der Waals surface area contributed by atoms with Crippen LogP contribution in [0.2, 0.25) is 0 Å². The Hall–Kier alpha value is -0.320. The van der Waals surface area contributed by atoms with Gasteiger partial charge < -0.3 is 111 Å². The molecule has 4 fully saturated rings. The van der Waals surface area contributed by atoms with Gasteiger partial charge in [0.2, 0.25) is 0 Å². The van der Waals surface area contributed by atoms with Crippen molar-refractivity contribution in [2.45, 2.75) is 135 Å². The number of methoxy groups -OCH3 is 1. The van der Waals surface area contributed by atoms with Gasteiger partial charge in [0.15, 0.2) is 12.6 Å². The van der Waals surface area contributed by atoms with Crippen LogP contribution in [-0.4, -0.2) is 271 Å². The molecule has 3 aliphatic heterocycles. The first-order valence-corrected chi connectivity index (χ1v) is 24.8. The predicted molar refractivity (Wildman–Crippen MR) is 232 cm³/mol. The van der Waals surface area contributed by atoms with E-state index in [0.717, 1.165) is 23.3 Å². The van der Waals surface area contributed by atoms with Crippen molar-refractivity contribution in [3.8, 4) is 0 Å².